The number of primary amides is 1. The third-order valence-corrected chi connectivity index (χ3v) is 4.42. The lowest BCUT2D eigenvalue weighted by atomic mass is 9.97. The van der Waals surface area contributed by atoms with Gasteiger partial charge in [-0.15, -0.1) is 0 Å². The Balaban J connectivity index is 1.91. The number of ether oxygens (including phenoxy) is 1. The van der Waals surface area contributed by atoms with Gasteiger partial charge < -0.3 is 15.8 Å². The molecule has 6 nitrogen and oxygen atoms in total. The number of amides is 2. The first-order valence-electron chi connectivity index (χ1n) is 7.71. The zero-order valence-electron chi connectivity index (χ0n) is 13.4. The first-order valence-corrected chi connectivity index (χ1v) is 7.71. The molecule has 2 amide bonds. The van der Waals surface area contributed by atoms with Crippen LogP contribution in [0.5, 0.6) is 5.75 Å². The molecule has 124 valence electrons. The molecule has 1 heterocycles. The van der Waals surface area contributed by atoms with E-state index in [1.165, 1.54) is 0 Å². The van der Waals surface area contributed by atoms with Crippen molar-refractivity contribution < 1.29 is 14.3 Å². The van der Waals surface area contributed by atoms with Crippen LogP contribution >= 0.6 is 0 Å². The summed E-state index contributed by atoms with van der Waals surface area (Å²) in [6.45, 7) is 0. The fraction of sp³-hybridized carbons (Fsp3) is 0.278. The number of hydrogen-bond acceptors (Lipinski definition) is 4. The number of methoxy groups -OCH3 is 1. The molecule has 1 atom stereocenters. The maximum Gasteiger partial charge on any atom is 0.236 e. The van der Waals surface area contributed by atoms with Gasteiger partial charge in [0.1, 0.15) is 11.2 Å². The predicted molar refractivity (Wildman–Crippen MR) is 88.1 cm³/mol. The molecule has 1 aromatic carbocycles. The SMILES string of the molecule is COc1ccc([C@@H](NC(=O)C2(C(N)=O)CC2)c2ccncc2)cc1. The number of carbonyl (C=O) groups excluding carboxylic acids is 2. The van der Waals surface area contributed by atoms with E-state index in [0.717, 1.165) is 16.9 Å². The van der Waals surface area contributed by atoms with Crippen LogP contribution in [0.15, 0.2) is 48.8 Å². The van der Waals surface area contributed by atoms with Crippen LogP contribution in [0.3, 0.4) is 0 Å². The molecule has 2 aromatic rings. The van der Waals surface area contributed by atoms with Crippen molar-refractivity contribution in [3.63, 3.8) is 0 Å². The second kappa shape index (κ2) is 6.31. The van der Waals surface area contributed by atoms with Gasteiger partial charge in [0.05, 0.1) is 13.2 Å². The Morgan fingerprint density at radius 1 is 1.12 bits per heavy atom. The fourth-order valence-electron chi connectivity index (χ4n) is 2.69. The van der Waals surface area contributed by atoms with Crippen LogP contribution in [0.4, 0.5) is 0 Å². The van der Waals surface area contributed by atoms with Gasteiger partial charge in [-0.1, -0.05) is 12.1 Å². The monoisotopic (exact) mass is 325 g/mol. The Labute approximate surface area is 140 Å². The number of nitrogens with two attached hydrogens (primary N) is 1. The lowest BCUT2D eigenvalue weighted by Gasteiger charge is -2.22. The Morgan fingerprint density at radius 3 is 2.21 bits per heavy atom. The average molecular weight is 325 g/mol. The highest BCUT2D eigenvalue weighted by Gasteiger charge is 2.55. The summed E-state index contributed by atoms with van der Waals surface area (Å²) < 4.78 is 5.17. The van der Waals surface area contributed by atoms with Crippen molar-refractivity contribution >= 4 is 11.8 Å². The van der Waals surface area contributed by atoms with Crippen LogP contribution in [0.1, 0.15) is 30.0 Å². The molecule has 0 saturated heterocycles. The van der Waals surface area contributed by atoms with Gasteiger partial charge in [0.25, 0.3) is 0 Å². The summed E-state index contributed by atoms with van der Waals surface area (Å²) in [5.41, 5.74) is 6.10. The number of benzene rings is 1. The maximum absolute atomic E-state index is 12.6. The molecule has 1 aliphatic rings. The smallest absolute Gasteiger partial charge is 0.236 e. The van der Waals surface area contributed by atoms with Gasteiger partial charge in [0.15, 0.2) is 0 Å². The summed E-state index contributed by atoms with van der Waals surface area (Å²) in [6, 6.07) is 10.7. The lowest BCUT2D eigenvalue weighted by Crippen LogP contribution is -2.42. The second-order valence-corrected chi connectivity index (χ2v) is 5.91. The first-order chi connectivity index (χ1) is 11.6. The molecule has 3 rings (SSSR count). The van der Waals surface area contributed by atoms with E-state index >= 15 is 0 Å². The normalized spacial score (nSPS) is 16.0. The van der Waals surface area contributed by atoms with E-state index < -0.39 is 11.3 Å². The fourth-order valence-corrected chi connectivity index (χ4v) is 2.69. The van der Waals surface area contributed by atoms with Gasteiger partial charge in [-0.05, 0) is 48.2 Å². The van der Waals surface area contributed by atoms with Crippen molar-refractivity contribution in [1.29, 1.82) is 0 Å². The predicted octanol–water partition coefficient (Wildman–Crippen LogP) is 1.56. The topological polar surface area (TPSA) is 94.3 Å². The highest BCUT2D eigenvalue weighted by molar-refractivity contribution is 6.07. The molecule has 3 N–H and O–H groups in total. The van der Waals surface area contributed by atoms with Crippen LogP contribution in [0, 0.1) is 5.41 Å². The largest absolute Gasteiger partial charge is 0.497 e. The minimum Gasteiger partial charge on any atom is -0.497 e. The van der Waals surface area contributed by atoms with Crippen molar-refractivity contribution in [2.45, 2.75) is 18.9 Å². The van der Waals surface area contributed by atoms with Crippen LogP contribution in [0.25, 0.3) is 0 Å². The Hall–Kier alpha value is -2.89. The van der Waals surface area contributed by atoms with E-state index in [2.05, 4.69) is 10.3 Å². The van der Waals surface area contributed by atoms with Gasteiger partial charge in [-0.3, -0.25) is 14.6 Å². The molecule has 0 bridgehead atoms. The maximum atomic E-state index is 12.6. The molecule has 0 unspecified atom stereocenters. The number of aromatic nitrogens is 1. The van der Waals surface area contributed by atoms with Crippen LogP contribution in [-0.4, -0.2) is 23.9 Å². The summed E-state index contributed by atoms with van der Waals surface area (Å²) in [5, 5.41) is 2.96. The summed E-state index contributed by atoms with van der Waals surface area (Å²) in [5.74, 6) is -0.162. The summed E-state index contributed by atoms with van der Waals surface area (Å²) >= 11 is 0. The summed E-state index contributed by atoms with van der Waals surface area (Å²) in [6.07, 6.45) is 4.33. The third kappa shape index (κ3) is 2.95. The highest BCUT2D eigenvalue weighted by Crippen LogP contribution is 2.46. The Morgan fingerprint density at radius 2 is 1.71 bits per heavy atom. The van der Waals surface area contributed by atoms with Crippen molar-refractivity contribution in [3.05, 3.63) is 59.9 Å². The zero-order valence-corrected chi connectivity index (χ0v) is 13.4. The molecule has 6 heteroatoms. The quantitative estimate of drug-likeness (QED) is 0.788. The van der Waals surface area contributed by atoms with E-state index in [4.69, 9.17) is 10.5 Å². The van der Waals surface area contributed by atoms with E-state index in [9.17, 15) is 9.59 Å². The molecular weight excluding hydrogens is 306 g/mol. The molecule has 0 aliphatic heterocycles. The van der Waals surface area contributed by atoms with Crippen LogP contribution in [0.2, 0.25) is 0 Å². The number of rotatable bonds is 6. The molecule has 1 fully saturated rings. The van der Waals surface area contributed by atoms with Crippen molar-refractivity contribution in [1.82, 2.24) is 10.3 Å². The van der Waals surface area contributed by atoms with E-state index in [0.29, 0.717) is 12.8 Å². The minimum atomic E-state index is -1.06. The minimum absolute atomic E-state index is 0.326. The number of nitrogens with one attached hydrogen (secondary N) is 1. The van der Waals surface area contributed by atoms with Gasteiger partial charge in [-0.25, -0.2) is 0 Å². The molecule has 1 aromatic heterocycles. The summed E-state index contributed by atoms with van der Waals surface area (Å²) in [7, 11) is 1.60. The van der Waals surface area contributed by atoms with Gasteiger partial charge in [0.2, 0.25) is 11.8 Å². The molecular formula is C18H19N3O3. The average Bonchev–Trinajstić information content (AvgIpc) is 3.42. The van der Waals surface area contributed by atoms with Crippen LogP contribution < -0.4 is 15.8 Å². The number of hydrogen-bond donors (Lipinski definition) is 2. The van der Waals surface area contributed by atoms with E-state index in [-0.39, 0.29) is 11.9 Å². The van der Waals surface area contributed by atoms with Crippen molar-refractivity contribution in [3.8, 4) is 5.75 Å². The number of pyridine rings is 1. The number of nitrogens with zero attached hydrogens (tertiary/aromatic N) is 1. The lowest BCUT2D eigenvalue weighted by molar-refractivity contribution is -0.135. The highest BCUT2D eigenvalue weighted by atomic mass is 16.5. The molecule has 24 heavy (non-hydrogen) atoms. The number of carbonyl (C=O) groups is 2. The third-order valence-electron chi connectivity index (χ3n) is 4.42. The molecule has 0 spiro atoms. The molecule has 1 aliphatic carbocycles. The van der Waals surface area contributed by atoms with E-state index in [1.807, 2.05) is 36.4 Å². The zero-order chi connectivity index (χ0) is 17.2. The van der Waals surface area contributed by atoms with Gasteiger partial charge in [0, 0.05) is 12.4 Å². The standard InChI is InChI=1S/C18H19N3O3/c1-24-14-4-2-12(3-5-14)15(13-6-10-20-11-7-13)21-17(23)18(8-9-18)16(19)22/h2-7,10-11,15H,8-9H2,1H3,(H2,19,22)(H,21,23)/t15-/m1/s1. The van der Waals surface area contributed by atoms with E-state index in [1.54, 1.807) is 19.5 Å². The molecule has 0 radical (unpaired) electrons. The van der Waals surface area contributed by atoms with Crippen LogP contribution in [-0.2, 0) is 9.59 Å². The second-order valence-electron chi connectivity index (χ2n) is 5.91. The molecule has 1 saturated carbocycles. The van der Waals surface area contributed by atoms with Gasteiger partial charge >= 0.3 is 0 Å². The summed E-state index contributed by atoms with van der Waals surface area (Å²) in [4.78, 5) is 28.2. The van der Waals surface area contributed by atoms with Crippen molar-refractivity contribution in [2.24, 2.45) is 11.1 Å². The van der Waals surface area contributed by atoms with Gasteiger partial charge in [-0.2, -0.15) is 0 Å². The first kappa shape index (κ1) is 16.0. The Bertz CT molecular complexity index is 740. The van der Waals surface area contributed by atoms with Crippen molar-refractivity contribution in [2.75, 3.05) is 7.11 Å². The Kier molecular flexibility index (Phi) is 4.20.